The second-order valence-electron chi connectivity index (χ2n) is 17.0. The Morgan fingerprint density at radius 2 is 1.52 bits per heavy atom. The maximum Gasteiger partial charge on any atom is 0.329 e. The number of alkyl halides is 2. The Kier molecular flexibility index (Phi) is 10.4. The van der Waals surface area contributed by atoms with Crippen molar-refractivity contribution in [3.8, 4) is 22.6 Å². The summed E-state index contributed by atoms with van der Waals surface area (Å²) in [5.41, 5.74) is 6.17. The van der Waals surface area contributed by atoms with Crippen molar-refractivity contribution in [3.63, 3.8) is 0 Å². The summed E-state index contributed by atoms with van der Waals surface area (Å²) in [5, 5.41) is 2.35. The molecule has 4 saturated heterocycles. The van der Waals surface area contributed by atoms with E-state index in [4.69, 9.17) is 9.47 Å². The number of carbonyl (C=O) groups excluding carboxylic acids is 2. The molecule has 6 heterocycles. The monoisotopic (exact) mass is 801 g/mol. The second-order valence-corrected chi connectivity index (χ2v) is 17.0. The number of nitrogens with zero attached hydrogens (tertiary/aromatic N) is 6. The molecule has 310 valence electrons. The molecule has 0 aliphatic carbocycles. The highest BCUT2D eigenvalue weighted by atomic mass is 19.3. The molecule has 4 aliphatic heterocycles. The van der Waals surface area contributed by atoms with Crippen molar-refractivity contribution in [1.82, 2.24) is 33.7 Å². The van der Waals surface area contributed by atoms with Crippen LogP contribution < -0.4 is 26.0 Å². The summed E-state index contributed by atoms with van der Waals surface area (Å²) >= 11 is 0. The summed E-state index contributed by atoms with van der Waals surface area (Å²) in [7, 11) is 6.56. The molecule has 15 heteroatoms. The largest absolute Gasteiger partial charge is 0.496 e. The van der Waals surface area contributed by atoms with E-state index in [-0.39, 0.29) is 48.5 Å². The highest BCUT2D eigenvalue weighted by molar-refractivity contribution is 6.00. The van der Waals surface area contributed by atoms with Gasteiger partial charge in [-0.1, -0.05) is 6.07 Å². The van der Waals surface area contributed by atoms with E-state index in [0.29, 0.717) is 60.7 Å². The van der Waals surface area contributed by atoms with Gasteiger partial charge in [-0.3, -0.25) is 43.5 Å². The number of methoxy groups -OCH3 is 2. The van der Waals surface area contributed by atoms with Crippen LogP contribution in [0.1, 0.15) is 60.4 Å². The zero-order chi connectivity index (χ0) is 41.3. The molecule has 58 heavy (non-hydrogen) atoms. The van der Waals surface area contributed by atoms with Crippen LogP contribution in [0.15, 0.2) is 46.1 Å². The van der Waals surface area contributed by atoms with Crippen LogP contribution in [0.25, 0.3) is 22.2 Å². The van der Waals surface area contributed by atoms with Gasteiger partial charge in [0.1, 0.15) is 17.5 Å². The minimum Gasteiger partial charge on any atom is -0.496 e. The second kappa shape index (κ2) is 15.1. The van der Waals surface area contributed by atoms with Crippen molar-refractivity contribution in [2.45, 2.75) is 77.0 Å². The third-order valence-electron chi connectivity index (χ3n) is 13.4. The lowest BCUT2D eigenvalue weighted by Crippen LogP contribution is -2.64. The number of ether oxygens (including phenoxy) is 2. The van der Waals surface area contributed by atoms with Crippen molar-refractivity contribution < 1.29 is 27.8 Å². The first-order valence-corrected chi connectivity index (χ1v) is 20.1. The SMILES string of the molecule is COc1cc(-c2cn(C)c(=O)c(C)c2C)cc(OC)c1CN1CCC(N2CCC3(CC2)CN(Cc2ccc4c(c2)n(C)c(=O)n4C2CCC(=O)NC2=O)C3)C(F)(F)C1. The molecular weight excluding hydrogens is 749 g/mol. The van der Waals surface area contributed by atoms with E-state index in [1.165, 1.54) is 4.57 Å². The fourth-order valence-corrected chi connectivity index (χ4v) is 10.0. The van der Waals surface area contributed by atoms with Crippen LogP contribution in [0.5, 0.6) is 11.5 Å². The maximum atomic E-state index is 16.1. The Balaban J connectivity index is 0.873. The van der Waals surface area contributed by atoms with Crippen molar-refractivity contribution in [2.75, 3.05) is 53.5 Å². The number of aryl methyl sites for hydroxylation is 2. The number of carbonyl (C=O) groups is 2. The van der Waals surface area contributed by atoms with Crippen LogP contribution in [0.3, 0.4) is 0 Å². The van der Waals surface area contributed by atoms with Gasteiger partial charge in [-0.2, -0.15) is 0 Å². The molecule has 1 spiro atoms. The van der Waals surface area contributed by atoms with Crippen LogP contribution in [-0.2, 0) is 36.8 Å². The number of nitrogens with one attached hydrogen (secondary N) is 1. The molecule has 4 aromatic rings. The van der Waals surface area contributed by atoms with Crippen LogP contribution in [0.4, 0.5) is 8.78 Å². The molecular formula is C43H53F2N7O6. The van der Waals surface area contributed by atoms with Gasteiger partial charge in [0.2, 0.25) is 11.8 Å². The summed E-state index contributed by atoms with van der Waals surface area (Å²) in [5.74, 6) is -2.56. The number of rotatable bonds is 9. The summed E-state index contributed by atoms with van der Waals surface area (Å²) < 4.78 is 48.4. The van der Waals surface area contributed by atoms with E-state index < -0.39 is 23.9 Å². The number of aromatic nitrogens is 3. The van der Waals surface area contributed by atoms with Gasteiger partial charge in [0, 0.05) is 70.6 Å². The normalized spacial score (nSPS) is 22.6. The molecule has 2 atom stereocenters. The zero-order valence-electron chi connectivity index (χ0n) is 34.2. The molecule has 2 aromatic carbocycles. The fourth-order valence-electron chi connectivity index (χ4n) is 10.0. The van der Waals surface area contributed by atoms with E-state index in [0.717, 1.165) is 53.7 Å². The Morgan fingerprint density at radius 1 is 0.828 bits per heavy atom. The van der Waals surface area contributed by atoms with E-state index in [1.54, 1.807) is 48.5 Å². The Morgan fingerprint density at radius 3 is 2.16 bits per heavy atom. The zero-order valence-corrected chi connectivity index (χ0v) is 34.2. The van der Waals surface area contributed by atoms with Crippen molar-refractivity contribution in [2.24, 2.45) is 19.5 Å². The van der Waals surface area contributed by atoms with Crippen LogP contribution in [0.2, 0.25) is 0 Å². The predicted octanol–water partition coefficient (Wildman–Crippen LogP) is 4.13. The Labute approximate surface area is 336 Å². The predicted molar refractivity (Wildman–Crippen MR) is 215 cm³/mol. The van der Waals surface area contributed by atoms with Gasteiger partial charge in [0.15, 0.2) is 0 Å². The summed E-state index contributed by atoms with van der Waals surface area (Å²) in [6, 6.07) is 8.13. The molecule has 2 aromatic heterocycles. The van der Waals surface area contributed by atoms with Crippen molar-refractivity contribution in [3.05, 3.63) is 79.6 Å². The molecule has 0 radical (unpaired) electrons. The number of fused-ring (bicyclic) bond motifs is 1. The lowest BCUT2D eigenvalue weighted by atomic mass is 9.71. The first-order chi connectivity index (χ1) is 27.6. The standard InChI is InChI=1S/C43H53F2N7O6/c1-26-27(2)40(55)47(3)21-30(26)29-18-35(57-5)31(36(19-29)58-6)22-49-14-11-37(43(44,45)25-49)51-15-12-42(13-16-51)23-50(24-42)20-28-7-8-32-34(17-28)48(4)41(56)52(32)33-9-10-38(53)46-39(33)54/h7-8,17-19,21,33,37H,9-16,20,22-25H2,1-6H3,(H,46,53,54). The summed E-state index contributed by atoms with van der Waals surface area (Å²) in [4.78, 5) is 56.2. The number of benzene rings is 2. The minimum absolute atomic E-state index is 0.0548. The van der Waals surface area contributed by atoms with Gasteiger partial charge in [0.25, 0.3) is 11.5 Å². The average Bonchev–Trinajstić information content (AvgIpc) is 3.42. The number of hydrogen-bond acceptors (Lipinski definition) is 9. The van der Waals surface area contributed by atoms with E-state index in [2.05, 4.69) is 10.2 Å². The highest BCUT2D eigenvalue weighted by Crippen LogP contribution is 2.44. The lowest BCUT2D eigenvalue weighted by molar-refractivity contribution is -0.146. The summed E-state index contributed by atoms with van der Waals surface area (Å²) in [6.07, 6.45) is 4.39. The Bertz CT molecular complexity index is 2380. The highest BCUT2D eigenvalue weighted by Gasteiger charge is 2.51. The number of hydrogen-bond donors (Lipinski definition) is 1. The van der Waals surface area contributed by atoms with E-state index >= 15 is 8.78 Å². The first-order valence-electron chi connectivity index (χ1n) is 20.1. The quantitative estimate of drug-likeness (QED) is 0.249. The minimum atomic E-state index is -2.89. The van der Waals surface area contributed by atoms with Crippen molar-refractivity contribution >= 4 is 22.8 Å². The molecule has 0 saturated carbocycles. The number of likely N-dealkylation sites (tertiary alicyclic amines) is 3. The van der Waals surface area contributed by atoms with Gasteiger partial charge in [-0.05, 0) is 99.0 Å². The molecule has 2 unspecified atom stereocenters. The molecule has 4 aliphatic rings. The van der Waals surface area contributed by atoms with Crippen LogP contribution >= 0.6 is 0 Å². The number of imidazole rings is 1. The van der Waals surface area contributed by atoms with Crippen LogP contribution in [0, 0.1) is 19.3 Å². The van der Waals surface area contributed by atoms with E-state index in [1.807, 2.05) is 49.1 Å². The number of piperidine rings is 3. The number of pyridine rings is 1. The average molecular weight is 802 g/mol. The molecule has 2 amide bonds. The molecule has 0 bridgehead atoms. The third kappa shape index (κ3) is 7.04. The lowest BCUT2D eigenvalue weighted by Gasteiger charge is -2.56. The first kappa shape index (κ1) is 39.9. The Hall–Kier alpha value is -4.86. The van der Waals surface area contributed by atoms with Crippen molar-refractivity contribution in [1.29, 1.82) is 0 Å². The van der Waals surface area contributed by atoms with Gasteiger partial charge in [-0.15, -0.1) is 0 Å². The number of halogens is 2. The third-order valence-corrected chi connectivity index (χ3v) is 13.4. The fraction of sp³-hybridized carbons (Fsp3) is 0.535. The van der Waals surface area contributed by atoms with Gasteiger partial charge in [-0.25, -0.2) is 13.6 Å². The van der Waals surface area contributed by atoms with Gasteiger partial charge >= 0.3 is 5.69 Å². The number of imide groups is 1. The smallest absolute Gasteiger partial charge is 0.329 e. The molecule has 4 fully saturated rings. The van der Waals surface area contributed by atoms with Gasteiger partial charge in [0.05, 0.1) is 43.4 Å². The summed E-state index contributed by atoms with van der Waals surface area (Å²) in [6.45, 7) is 7.94. The maximum absolute atomic E-state index is 16.1. The molecule has 1 N–H and O–H groups in total. The number of amides is 2. The molecule has 8 rings (SSSR count). The van der Waals surface area contributed by atoms with Gasteiger partial charge < -0.3 is 14.0 Å². The topological polar surface area (TPSA) is 123 Å². The molecule has 13 nitrogen and oxygen atoms in total. The van der Waals surface area contributed by atoms with Crippen LogP contribution in [-0.4, -0.2) is 106 Å². The van der Waals surface area contributed by atoms with E-state index in [9.17, 15) is 19.2 Å².